The highest BCUT2D eigenvalue weighted by Gasteiger charge is 2.18. The third-order valence-corrected chi connectivity index (χ3v) is 1.87. The number of amides is 3. The Bertz CT molecular complexity index is 306. The fraction of sp³-hybridized carbons (Fsp3) is 0.700. The highest BCUT2D eigenvalue weighted by Crippen LogP contribution is 1.84. The number of carboxylic acids is 1. The van der Waals surface area contributed by atoms with Crippen LogP contribution in [0.3, 0.4) is 0 Å². The zero-order valence-electron chi connectivity index (χ0n) is 10.4. The van der Waals surface area contributed by atoms with Crippen LogP contribution in [-0.4, -0.2) is 53.4 Å². The molecule has 5 N–H and O–H groups in total. The van der Waals surface area contributed by atoms with Gasteiger partial charge in [0.1, 0.15) is 0 Å². The van der Waals surface area contributed by atoms with E-state index in [4.69, 9.17) is 10.2 Å². The molecule has 0 aliphatic heterocycles. The molecular weight excluding hydrogens is 242 g/mol. The maximum atomic E-state index is 11.2. The lowest BCUT2D eigenvalue weighted by molar-refractivity contribution is -0.140. The monoisotopic (exact) mass is 261 g/mol. The molecule has 104 valence electrons. The maximum Gasteiger partial charge on any atom is 0.328 e. The number of aliphatic hydroxyl groups is 1. The Morgan fingerprint density at radius 1 is 1.17 bits per heavy atom. The molecule has 8 heteroatoms. The molecule has 0 spiro atoms. The van der Waals surface area contributed by atoms with Crippen molar-refractivity contribution in [1.82, 2.24) is 16.0 Å². The molecule has 0 aromatic heterocycles. The quantitative estimate of drug-likeness (QED) is 0.387. The minimum absolute atomic E-state index is 0.0251. The molecule has 0 rings (SSSR count). The van der Waals surface area contributed by atoms with Gasteiger partial charge in [0.25, 0.3) is 0 Å². The van der Waals surface area contributed by atoms with Crippen LogP contribution in [0.15, 0.2) is 0 Å². The van der Waals surface area contributed by atoms with Gasteiger partial charge in [-0.3, -0.25) is 4.79 Å². The van der Waals surface area contributed by atoms with Crippen LogP contribution in [0.4, 0.5) is 4.79 Å². The van der Waals surface area contributed by atoms with Crippen LogP contribution in [0, 0.1) is 0 Å². The van der Waals surface area contributed by atoms with Crippen LogP contribution in [0.1, 0.15) is 20.3 Å². The van der Waals surface area contributed by atoms with Crippen molar-refractivity contribution in [3.05, 3.63) is 0 Å². The van der Waals surface area contributed by atoms with Crippen molar-refractivity contribution in [2.75, 3.05) is 13.2 Å². The average molecular weight is 261 g/mol. The summed E-state index contributed by atoms with van der Waals surface area (Å²) in [6, 6.07) is -2.07. The van der Waals surface area contributed by atoms with E-state index in [0.29, 0.717) is 0 Å². The second-order valence-electron chi connectivity index (χ2n) is 3.95. The van der Waals surface area contributed by atoms with Crippen molar-refractivity contribution in [3.63, 3.8) is 0 Å². The van der Waals surface area contributed by atoms with Crippen LogP contribution in [0.2, 0.25) is 0 Å². The van der Waals surface area contributed by atoms with Crippen LogP contribution in [0.25, 0.3) is 0 Å². The molecular formula is C10H19N3O5. The van der Waals surface area contributed by atoms with E-state index >= 15 is 0 Å². The van der Waals surface area contributed by atoms with Crippen molar-refractivity contribution in [2.24, 2.45) is 0 Å². The molecule has 1 unspecified atom stereocenters. The van der Waals surface area contributed by atoms with Gasteiger partial charge >= 0.3 is 12.0 Å². The number of carboxylic acid groups (broad SMARTS) is 1. The SMILES string of the molecule is CC(C)NC(=O)CCNC(=O)NC(CO)C(=O)O. The molecule has 0 aliphatic carbocycles. The molecule has 0 saturated heterocycles. The molecule has 3 amide bonds. The minimum Gasteiger partial charge on any atom is -0.480 e. The Labute approximate surface area is 105 Å². The fourth-order valence-corrected chi connectivity index (χ4v) is 1.08. The molecule has 0 aromatic carbocycles. The Morgan fingerprint density at radius 2 is 1.78 bits per heavy atom. The molecule has 0 aliphatic rings. The summed E-state index contributed by atoms with van der Waals surface area (Å²) in [5, 5.41) is 24.3. The van der Waals surface area contributed by atoms with Gasteiger partial charge in [-0.05, 0) is 13.8 Å². The normalized spacial score (nSPS) is 11.8. The molecule has 0 saturated carbocycles. The molecule has 0 aromatic rings. The first-order valence-electron chi connectivity index (χ1n) is 5.54. The minimum atomic E-state index is -1.35. The standard InChI is InChI=1S/C10H19N3O5/c1-6(2)12-8(15)3-4-11-10(18)13-7(5-14)9(16)17/h6-7,14H,3-5H2,1-2H3,(H,12,15)(H,16,17)(H2,11,13,18). The van der Waals surface area contributed by atoms with Crippen molar-refractivity contribution in [1.29, 1.82) is 0 Å². The Hall–Kier alpha value is -1.83. The van der Waals surface area contributed by atoms with E-state index in [-0.39, 0.29) is 24.9 Å². The zero-order chi connectivity index (χ0) is 14.1. The number of hydrogen-bond acceptors (Lipinski definition) is 4. The zero-order valence-corrected chi connectivity index (χ0v) is 10.4. The van der Waals surface area contributed by atoms with Gasteiger partial charge in [-0.25, -0.2) is 9.59 Å². The van der Waals surface area contributed by atoms with Crippen LogP contribution in [0.5, 0.6) is 0 Å². The Morgan fingerprint density at radius 3 is 2.22 bits per heavy atom. The van der Waals surface area contributed by atoms with Crippen molar-refractivity contribution in [3.8, 4) is 0 Å². The molecule has 1 atom stereocenters. The van der Waals surface area contributed by atoms with E-state index < -0.39 is 24.6 Å². The van der Waals surface area contributed by atoms with Crippen molar-refractivity contribution < 1.29 is 24.6 Å². The summed E-state index contributed by atoms with van der Waals surface area (Å²) in [4.78, 5) is 32.9. The average Bonchev–Trinajstić information content (AvgIpc) is 2.24. The second-order valence-corrected chi connectivity index (χ2v) is 3.95. The predicted octanol–water partition coefficient (Wildman–Crippen LogP) is -1.35. The van der Waals surface area contributed by atoms with Gasteiger partial charge in [-0.15, -0.1) is 0 Å². The molecule has 18 heavy (non-hydrogen) atoms. The number of aliphatic hydroxyl groups excluding tert-OH is 1. The van der Waals surface area contributed by atoms with E-state index in [0.717, 1.165) is 0 Å². The van der Waals surface area contributed by atoms with Crippen LogP contribution >= 0.6 is 0 Å². The lowest BCUT2D eigenvalue weighted by Gasteiger charge is -2.13. The van der Waals surface area contributed by atoms with Crippen LogP contribution < -0.4 is 16.0 Å². The number of carbonyl (C=O) groups is 3. The van der Waals surface area contributed by atoms with Gasteiger partial charge in [0, 0.05) is 19.0 Å². The summed E-state index contributed by atoms with van der Waals surface area (Å²) in [6.07, 6.45) is 0.0997. The van der Waals surface area contributed by atoms with Gasteiger partial charge in [0.15, 0.2) is 6.04 Å². The first kappa shape index (κ1) is 16.2. The molecule has 0 radical (unpaired) electrons. The van der Waals surface area contributed by atoms with Gasteiger partial charge in [0.05, 0.1) is 6.61 Å². The van der Waals surface area contributed by atoms with E-state index in [1.54, 1.807) is 0 Å². The smallest absolute Gasteiger partial charge is 0.328 e. The van der Waals surface area contributed by atoms with E-state index in [9.17, 15) is 14.4 Å². The molecule has 8 nitrogen and oxygen atoms in total. The third-order valence-electron chi connectivity index (χ3n) is 1.87. The molecule has 0 fully saturated rings. The molecule has 0 heterocycles. The molecule has 0 bridgehead atoms. The topological polar surface area (TPSA) is 128 Å². The fourth-order valence-electron chi connectivity index (χ4n) is 1.08. The van der Waals surface area contributed by atoms with Gasteiger partial charge in [-0.2, -0.15) is 0 Å². The third kappa shape index (κ3) is 7.44. The number of nitrogens with one attached hydrogen (secondary N) is 3. The van der Waals surface area contributed by atoms with Crippen molar-refractivity contribution in [2.45, 2.75) is 32.4 Å². The summed E-state index contributed by atoms with van der Waals surface area (Å²) < 4.78 is 0. The highest BCUT2D eigenvalue weighted by molar-refractivity contribution is 5.83. The lowest BCUT2D eigenvalue weighted by Crippen LogP contribution is -2.48. The maximum absolute atomic E-state index is 11.2. The Kier molecular flexibility index (Phi) is 7.45. The van der Waals surface area contributed by atoms with Gasteiger partial charge in [-0.1, -0.05) is 0 Å². The van der Waals surface area contributed by atoms with Gasteiger partial charge < -0.3 is 26.2 Å². The highest BCUT2D eigenvalue weighted by atomic mass is 16.4. The lowest BCUT2D eigenvalue weighted by atomic mass is 10.3. The second kappa shape index (κ2) is 8.29. The summed E-state index contributed by atoms with van der Waals surface area (Å²) >= 11 is 0. The van der Waals surface area contributed by atoms with Crippen molar-refractivity contribution >= 4 is 17.9 Å². The summed E-state index contributed by atoms with van der Waals surface area (Å²) in [6.45, 7) is 3.02. The van der Waals surface area contributed by atoms with Gasteiger partial charge in [0.2, 0.25) is 5.91 Å². The number of carbonyl (C=O) groups excluding carboxylic acids is 2. The largest absolute Gasteiger partial charge is 0.480 e. The predicted molar refractivity (Wildman–Crippen MR) is 62.9 cm³/mol. The summed E-state index contributed by atoms with van der Waals surface area (Å²) in [7, 11) is 0. The first-order valence-corrected chi connectivity index (χ1v) is 5.54. The number of aliphatic carboxylic acids is 1. The first-order chi connectivity index (χ1) is 8.36. The Balaban J connectivity index is 3.83. The number of hydrogen-bond donors (Lipinski definition) is 5. The number of rotatable bonds is 7. The van der Waals surface area contributed by atoms with Crippen LogP contribution in [-0.2, 0) is 9.59 Å². The van der Waals surface area contributed by atoms with E-state index in [1.165, 1.54) is 0 Å². The van der Waals surface area contributed by atoms with E-state index in [1.807, 2.05) is 19.2 Å². The summed E-state index contributed by atoms with van der Waals surface area (Å²) in [5.41, 5.74) is 0. The number of urea groups is 1. The van der Waals surface area contributed by atoms with E-state index in [2.05, 4.69) is 10.6 Å². The summed E-state index contributed by atoms with van der Waals surface area (Å²) in [5.74, 6) is -1.53.